The van der Waals surface area contributed by atoms with Crippen LogP contribution >= 0.6 is 15.9 Å². The number of hydrogen-bond acceptors (Lipinski definition) is 10. The van der Waals surface area contributed by atoms with E-state index in [0.717, 1.165) is 50.3 Å². The van der Waals surface area contributed by atoms with Gasteiger partial charge in [-0.25, -0.2) is 4.98 Å². The number of ether oxygens (including phenoxy) is 2. The molecule has 0 saturated carbocycles. The molecule has 3 N–H and O–H groups in total. The van der Waals surface area contributed by atoms with E-state index in [-0.39, 0.29) is 52.9 Å². The van der Waals surface area contributed by atoms with Gasteiger partial charge in [0.15, 0.2) is 6.29 Å². The SMILES string of the molecule is Brc1cnc2ccccc2c1.COC(CN)OC.C[O-].N#Cc1cnc2ccccc2c1.[C-]#N.[Cu+].[Na+].c1ccc2ncc(-c3ncc[nH]3)cc2c1. The molecule has 0 spiro atoms. The zero-order chi connectivity index (χ0) is 35.9. The fourth-order valence-electron chi connectivity index (χ4n) is 4.09. The molecule has 0 bridgehead atoms. The van der Waals surface area contributed by atoms with E-state index in [1.165, 1.54) is 5.39 Å². The molecule has 0 radical (unpaired) electrons. The maximum absolute atomic E-state index is 8.61. The quantitative estimate of drug-likeness (QED) is 0.152. The summed E-state index contributed by atoms with van der Waals surface area (Å²) in [5.74, 6) is 0.855. The van der Waals surface area contributed by atoms with E-state index in [9.17, 15) is 0 Å². The topological polar surface area (TPSA) is 182 Å². The number of halogens is 1. The Morgan fingerprint density at radius 1 is 0.784 bits per heavy atom. The van der Waals surface area contributed by atoms with E-state index in [4.69, 9.17) is 37.4 Å². The van der Waals surface area contributed by atoms with Gasteiger partial charge in [-0.05, 0) is 52.3 Å². The molecule has 0 amide bonds. The Morgan fingerprint density at radius 2 is 1.25 bits per heavy atom. The molecular weight excluding hydrogens is 771 g/mol. The minimum atomic E-state index is -0.236. The molecule has 260 valence electrons. The number of pyridine rings is 3. The predicted octanol–water partition coefficient (Wildman–Crippen LogP) is 3.37. The third-order valence-electron chi connectivity index (χ3n) is 6.36. The number of fused-ring (bicyclic) bond motifs is 3. The van der Waals surface area contributed by atoms with Gasteiger partial charge in [0.25, 0.3) is 0 Å². The molecule has 0 atom stereocenters. The summed E-state index contributed by atoms with van der Waals surface area (Å²) in [5.41, 5.74) is 9.73. The minimum Gasteiger partial charge on any atom is -0.857 e. The van der Waals surface area contributed by atoms with Gasteiger partial charge in [-0.15, -0.1) is 0 Å². The van der Waals surface area contributed by atoms with Crippen LogP contribution in [0.2, 0.25) is 0 Å². The van der Waals surface area contributed by atoms with E-state index >= 15 is 0 Å². The summed E-state index contributed by atoms with van der Waals surface area (Å²) in [4.78, 5) is 20.0. The zero-order valence-corrected chi connectivity index (χ0v) is 33.0. The average Bonchev–Trinajstić information content (AvgIpc) is 3.73. The molecule has 51 heavy (non-hydrogen) atoms. The number of hydrogen-bond donors (Lipinski definition) is 2. The van der Waals surface area contributed by atoms with Crippen LogP contribution in [0, 0.1) is 23.2 Å². The minimum absolute atomic E-state index is 0. The van der Waals surface area contributed by atoms with Crippen LogP contribution < -0.4 is 40.4 Å². The van der Waals surface area contributed by atoms with Crippen molar-refractivity contribution in [3.8, 4) is 17.5 Å². The number of H-pyrrole nitrogens is 1. The molecule has 3 aromatic carbocycles. The molecule has 0 saturated heterocycles. The Hall–Kier alpha value is -4.08. The molecule has 7 rings (SSSR count). The Balaban J connectivity index is 0.000000641. The number of nitrogens with zero attached hydrogens (tertiary/aromatic N) is 6. The number of nitrogens with two attached hydrogens (primary N) is 1. The largest absolute Gasteiger partial charge is 1.00 e. The van der Waals surface area contributed by atoms with Crippen molar-refractivity contribution in [2.24, 2.45) is 5.73 Å². The first-order valence-corrected chi connectivity index (χ1v) is 15.3. The Kier molecular flexibility index (Phi) is 25.4. The normalized spacial score (nSPS) is 9.18. The summed E-state index contributed by atoms with van der Waals surface area (Å²) >= 11 is 3.37. The maximum Gasteiger partial charge on any atom is 1.00 e. The molecule has 0 aliphatic rings. The van der Waals surface area contributed by atoms with E-state index in [1.54, 1.807) is 26.6 Å². The van der Waals surface area contributed by atoms with Gasteiger partial charge in [0, 0.05) is 77.9 Å². The number of nitriles is 1. The average molecular weight is 806 g/mol. The second-order valence-electron chi connectivity index (χ2n) is 9.37. The van der Waals surface area contributed by atoms with Crippen molar-refractivity contribution >= 4 is 48.6 Å². The van der Waals surface area contributed by atoms with Crippen molar-refractivity contribution in [1.29, 1.82) is 10.5 Å². The number of methoxy groups -OCH3 is 2. The first-order valence-electron chi connectivity index (χ1n) is 14.5. The van der Waals surface area contributed by atoms with Crippen molar-refractivity contribution in [2.45, 2.75) is 6.29 Å². The van der Waals surface area contributed by atoms with Gasteiger partial charge in [0.1, 0.15) is 11.9 Å². The van der Waals surface area contributed by atoms with Gasteiger partial charge >= 0.3 is 46.6 Å². The smallest absolute Gasteiger partial charge is 0.857 e. The molecule has 4 aromatic heterocycles. The number of imidazole rings is 1. The number of aromatic nitrogens is 5. The van der Waals surface area contributed by atoms with Crippen molar-refractivity contribution in [3.05, 3.63) is 139 Å². The summed E-state index contributed by atoms with van der Waals surface area (Å²) in [5, 5.41) is 26.4. The molecule has 14 heteroatoms. The molecule has 7 aromatic rings. The summed E-state index contributed by atoms with van der Waals surface area (Å²) < 4.78 is 10.4. The van der Waals surface area contributed by atoms with Gasteiger partial charge in [-0.1, -0.05) is 54.6 Å². The molecule has 0 unspecified atom stereocenters. The van der Waals surface area contributed by atoms with Crippen LogP contribution in [0.1, 0.15) is 5.56 Å². The van der Waals surface area contributed by atoms with Gasteiger partial charge in [-0.2, -0.15) is 12.4 Å². The van der Waals surface area contributed by atoms with E-state index in [1.807, 2.05) is 91.4 Å². The predicted molar refractivity (Wildman–Crippen MR) is 193 cm³/mol. The molecule has 4 heterocycles. The summed E-state index contributed by atoms with van der Waals surface area (Å²) in [6.07, 6.45) is 8.54. The van der Waals surface area contributed by atoms with Crippen LogP contribution in [0.15, 0.2) is 126 Å². The second-order valence-corrected chi connectivity index (χ2v) is 10.3. The summed E-state index contributed by atoms with van der Waals surface area (Å²) in [6.45, 7) is 5.16. The van der Waals surface area contributed by atoms with E-state index < -0.39 is 0 Å². The van der Waals surface area contributed by atoms with E-state index in [0.29, 0.717) is 12.1 Å². The van der Waals surface area contributed by atoms with Crippen molar-refractivity contribution < 1.29 is 61.2 Å². The summed E-state index contributed by atoms with van der Waals surface area (Å²) in [6, 6.07) is 31.9. The summed E-state index contributed by atoms with van der Waals surface area (Å²) in [7, 11) is 3.86. The van der Waals surface area contributed by atoms with Gasteiger partial charge in [-0.3, -0.25) is 15.0 Å². The van der Waals surface area contributed by atoms with Crippen LogP contribution in [0.25, 0.3) is 44.1 Å². The molecule has 0 aliphatic carbocycles. The van der Waals surface area contributed by atoms with Crippen LogP contribution in [0.4, 0.5) is 0 Å². The molecule has 11 nitrogen and oxygen atoms in total. The fraction of sp³-hybridized carbons (Fsp3) is 0.135. The zero-order valence-electron chi connectivity index (χ0n) is 28.5. The second kappa shape index (κ2) is 27.6. The van der Waals surface area contributed by atoms with Crippen LogP contribution in [0.5, 0.6) is 0 Å². The molecule has 0 fully saturated rings. The monoisotopic (exact) mass is 804 g/mol. The van der Waals surface area contributed by atoms with Crippen LogP contribution in [0.3, 0.4) is 0 Å². The number of aromatic amines is 1. The van der Waals surface area contributed by atoms with Crippen molar-refractivity contribution in [3.63, 3.8) is 0 Å². The first kappa shape index (κ1) is 46.9. The van der Waals surface area contributed by atoms with Crippen molar-refractivity contribution in [1.82, 2.24) is 24.9 Å². The third-order valence-corrected chi connectivity index (χ3v) is 6.79. The Bertz CT molecular complexity index is 2040. The van der Waals surface area contributed by atoms with E-state index in [2.05, 4.69) is 65.1 Å². The molecular formula is C37H35BrCuN8NaO3. The fourth-order valence-corrected chi connectivity index (χ4v) is 4.44. The van der Waals surface area contributed by atoms with Gasteiger partial charge < -0.3 is 37.1 Å². The number of benzene rings is 3. The van der Waals surface area contributed by atoms with Crippen molar-refractivity contribution in [2.75, 3.05) is 27.9 Å². The van der Waals surface area contributed by atoms with Crippen LogP contribution in [-0.4, -0.2) is 59.1 Å². The molecule has 0 aliphatic heterocycles. The number of nitrogens with one attached hydrogen (secondary N) is 1. The first-order chi connectivity index (χ1) is 24.0. The van der Waals surface area contributed by atoms with Gasteiger partial charge in [0.05, 0.1) is 22.1 Å². The number of para-hydroxylation sites is 3. The standard InChI is InChI=1S/C12H9N3.C10H6N2.C9H6BrN.C4H11NO2.CN.CH3O.Cu.Na/c1-2-4-11-9(3-1)7-10(8-15-11)12-13-5-6-14-12;11-6-8-5-9-3-1-2-4-10(9)12-7-8;10-8-5-7-3-1-2-4-9(7)11-6-8;1-6-4(3-5)7-2;2*1-2;;/h1-8H,(H,13,14);1-5,7H;1-6H;4H,3,5H2,1-2H3;;1H3;;/q;;;;2*-1;2*+1. The Morgan fingerprint density at radius 3 is 1.71 bits per heavy atom. The third kappa shape index (κ3) is 15.8. The Labute approximate surface area is 338 Å². The number of rotatable bonds is 4. The van der Waals surface area contributed by atoms with Gasteiger partial charge in [0.2, 0.25) is 0 Å². The van der Waals surface area contributed by atoms with Crippen LogP contribution in [-0.2, 0) is 26.5 Å². The maximum atomic E-state index is 8.61.